The molecule has 116 valence electrons. The number of carbonyl (C=O) groups is 1. The molecule has 24 heavy (non-hydrogen) atoms. The van der Waals surface area contributed by atoms with E-state index in [1.165, 1.54) is 0 Å². The summed E-state index contributed by atoms with van der Waals surface area (Å²) < 4.78 is 0. The molecule has 0 radical (unpaired) electrons. The van der Waals surface area contributed by atoms with Crippen LogP contribution in [0.2, 0.25) is 0 Å². The van der Waals surface area contributed by atoms with E-state index in [9.17, 15) is 10.1 Å². The van der Waals surface area contributed by atoms with E-state index in [1.54, 1.807) is 12.1 Å². The van der Waals surface area contributed by atoms with Crippen LogP contribution in [0.25, 0.3) is 0 Å². The number of carbonyl (C=O) groups excluding carboxylic acids is 1. The van der Waals surface area contributed by atoms with Crippen LogP contribution in [0.15, 0.2) is 101 Å². The van der Waals surface area contributed by atoms with Gasteiger partial charge in [-0.25, -0.2) is 0 Å². The first-order valence-electron chi connectivity index (χ1n) is 7.52. The quantitative estimate of drug-likeness (QED) is 0.502. The standard InChI is InChI=1S/C21H15NOS/c22-16-20(21(23)17-10-4-1-5-11-17)24(18-12-6-2-7-13-18)19-14-8-3-9-15-19/h1-15H. The van der Waals surface area contributed by atoms with Crippen LogP contribution < -0.4 is 0 Å². The first-order chi connectivity index (χ1) is 11.8. The highest BCUT2D eigenvalue weighted by Crippen LogP contribution is 2.37. The fraction of sp³-hybridized carbons (Fsp3) is 0. The predicted molar refractivity (Wildman–Crippen MR) is 98.4 cm³/mol. The summed E-state index contributed by atoms with van der Waals surface area (Å²) in [5.41, 5.74) is 0.540. The normalized spacial score (nSPS) is 10.2. The van der Waals surface area contributed by atoms with Gasteiger partial charge in [-0.05, 0) is 24.3 Å². The van der Waals surface area contributed by atoms with Gasteiger partial charge in [-0.3, -0.25) is 4.79 Å². The molecular weight excluding hydrogens is 314 g/mol. The van der Waals surface area contributed by atoms with Gasteiger partial charge < -0.3 is 0 Å². The van der Waals surface area contributed by atoms with Crippen molar-refractivity contribution in [1.82, 2.24) is 0 Å². The van der Waals surface area contributed by atoms with Crippen LogP contribution in [0, 0.1) is 11.3 Å². The van der Waals surface area contributed by atoms with Gasteiger partial charge in [0, 0.05) is 15.4 Å². The number of rotatable bonds is 4. The highest BCUT2D eigenvalue weighted by Gasteiger charge is 2.18. The molecular formula is C21H15NOS. The second-order valence-electron chi connectivity index (χ2n) is 5.07. The number of benzene rings is 3. The molecule has 3 aromatic rings. The van der Waals surface area contributed by atoms with Gasteiger partial charge in [0.15, 0.2) is 0 Å². The summed E-state index contributed by atoms with van der Waals surface area (Å²) in [5.74, 6) is -0.214. The lowest BCUT2D eigenvalue weighted by Crippen LogP contribution is -2.13. The molecule has 0 N–H and O–H groups in total. The van der Waals surface area contributed by atoms with Crippen molar-refractivity contribution in [2.45, 2.75) is 9.79 Å². The summed E-state index contributed by atoms with van der Waals surface area (Å²) in [7, 11) is -0.714. The molecule has 0 aliphatic rings. The average molecular weight is 329 g/mol. The van der Waals surface area contributed by atoms with Crippen LogP contribution in [-0.2, 0) is 0 Å². The number of Topliss-reactive ketones (excluding diaryl/α,β-unsaturated/α-hetero) is 1. The van der Waals surface area contributed by atoms with E-state index in [0.29, 0.717) is 5.56 Å². The van der Waals surface area contributed by atoms with Crippen LogP contribution in [0.3, 0.4) is 0 Å². The lowest BCUT2D eigenvalue weighted by atomic mass is 10.1. The molecule has 3 rings (SSSR count). The van der Waals surface area contributed by atoms with Crippen molar-refractivity contribution in [3.63, 3.8) is 0 Å². The minimum atomic E-state index is -0.714. The maximum absolute atomic E-state index is 12.9. The summed E-state index contributed by atoms with van der Waals surface area (Å²) in [6, 6.07) is 30.6. The molecule has 3 heteroatoms. The Labute approximate surface area is 143 Å². The first kappa shape index (κ1) is 15.9. The Morgan fingerprint density at radius 2 is 1.12 bits per heavy atom. The number of nitriles is 1. The molecule has 0 saturated heterocycles. The first-order valence-corrected chi connectivity index (χ1v) is 8.75. The van der Waals surface area contributed by atoms with Crippen LogP contribution in [-0.4, -0.2) is 10.6 Å². The zero-order valence-electron chi connectivity index (χ0n) is 12.9. The molecule has 3 aromatic carbocycles. The summed E-state index contributed by atoms with van der Waals surface area (Å²) in [5, 5.41) is 9.75. The Morgan fingerprint density at radius 1 is 0.708 bits per heavy atom. The van der Waals surface area contributed by atoms with Crippen molar-refractivity contribution in [2.24, 2.45) is 0 Å². The van der Waals surface area contributed by atoms with E-state index in [4.69, 9.17) is 0 Å². The number of ketones is 1. The molecule has 0 fully saturated rings. The second kappa shape index (κ2) is 7.54. The minimum absolute atomic E-state index is 0.214. The summed E-state index contributed by atoms with van der Waals surface area (Å²) >= 11 is 0. The molecule has 0 saturated carbocycles. The molecule has 0 spiro atoms. The molecule has 0 amide bonds. The van der Waals surface area contributed by atoms with Crippen molar-refractivity contribution in [3.05, 3.63) is 96.6 Å². The van der Waals surface area contributed by atoms with Crippen molar-refractivity contribution >= 4 is 21.1 Å². The minimum Gasteiger partial charge on any atom is -0.287 e. The Kier molecular flexibility index (Phi) is 5.00. The van der Waals surface area contributed by atoms with Crippen molar-refractivity contribution in [2.75, 3.05) is 0 Å². The molecule has 0 aliphatic heterocycles. The van der Waals surface area contributed by atoms with E-state index >= 15 is 0 Å². The Balaban J connectivity index is 2.24. The van der Waals surface area contributed by atoms with Gasteiger partial charge in [0.25, 0.3) is 0 Å². The maximum Gasteiger partial charge on any atom is 0.209 e. The highest BCUT2D eigenvalue weighted by molar-refractivity contribution is 8.17. The molecule has 0 atom stereocenters. The summed E-state index contributed by atoms with van der Waals surface area (Å²) in [6.45, 7) is 0. The Hall–Kier alpha value is -2.96. The predicted octanol–water partition coefficient (Wildman–Crippen LogP) is 4.95. The van der Waals surface area contributed by atoms with Crippen molar-refractivity contribution in [1.29, 1.82) is 5.26 Å². The second-order valence-corrected chi connectivity index (χ2v) is 7.03. The van der Waals surface area contributed by atoms with Gasteiger partial charge in [0.05, 0.1) is 0 Å². The lowest BCUT2D eigenvalue weighted by Gasteiger charge is -2.13. The van der Waals surface area contributed by atoms with E-state index < -0.39 is 10.5 Å². The third kappa shape index (κ3) is 3.34. The van der Waals surface area contributed by atoms with Gasteiger partial charge in [0.2, 0.25) is 5.78 Å². The topological polar surface area (TPSA) is 40.9 Å². The van der Waals surface area contributed by atoms with Crippen molar-refractivity contribution in [3.8, 4) is 6.07 Å². The van der Waals surface area contributed by atoms with Gasteiger partial charge >= 0.3 is 0 Å². The van der Waals surface area contributed by atoms with E-state index in [2.05, 4.69) is 6.07 Å². The highest BCUT2D eigenvalue weighted by atomic mass is 32.2. The van der Waals surface area contributed by atoms with Gasteiger partial charge in [0.1, 0.15) is 10.9 Å². The third-order valence-electron chi connectivity index (χ3n) is 3.51. The summed E-state index contributed by atoms with van der Waals surface area (Å²) in [6.07, 6.45) is 0. The largest absolute Gasteiger partial charge is 0.287 e. The van der Waals surface area contributed by atoms with E-state index in [1.807, 2.05) is 78.9 Å². The fourth-order valence-electron chi connectivity index (χ4n) is 2.39. The maximum atomic E-state index is 12.9. The van der Waals surface area contributed by atoms with E-state index in [0.717, 1.165) is 9.79 Å². The van der Waals surface area contributed by atoms with Crippen LogP contribution in [0.1, 0.15) is 10.4 Å². The molecule has 2 nitrogen and oxygen atoms in total. The zero-order valence-corrected chi connectivity index (χ0v) is 13.7. The zero-order chi connectivity index (χ0) is 16.8. The molecule has 0 bridgehead atoms. The number of hydrogen-bond donors (Lipinski definition) is 0. The molecule has 0 unspecified atom stereocenters. The smallest absolute Gasteiger partial charge is 0.209 e. The Morgan fingerprint density at radius 3 is 1.54 bits per heavy atom. The van der Waals surface area contributed by atoms with Gasteiger partial charge in [-0.15, -0.1) is 10.5 Å². The third-order valence-corrected chi connectivity index (χ3v) is 5.68. The van der Waals surface area contributed by atoms with Crippen LogP contribution >= 0.6 is 10.5 Å². The molecule has 0 aliphatic carbocycles. The SMILES string of the molecule is N#CC(C(=O)c1ccccc1)=S(c1ccccc1)c1ccccc1. The number of nitrogens with zero attached hydrogens (tertiary/aromatic N) is 1. The van der Waals surface area contributed by atoms with Gasteiger partial charge in [-0.2, -0.15) is 5.26 Å². The average Bonchev–Trinajstić information content (AvgIpc) is 2.67. The van der Waals surface area contributed by atoms with Gasteiger partial charge in [-0.1, -0.05) is 66.7 Å². The lowest BCUT2D eigenvalue weighted by molar-refractivity contribution is 0.106. The summed E-state index contributed by atoms with van der Waals surface area (Å²) in [4.78, 5) is 15.1. The monoisotopic (exact) mass is 329 g/mol. The number of hydrogen-bond acceptors (Lipinski definition) is 2. The van der Waals surface area contributed by atoms with E-state index in [-0.39, 0.29) is 10.6 Å². The molecule has 0 aromatic heterocycles. The Bertz CT molecular complexity index is 869. The van der Waals surface area contributed by atoms with Crippen LogP contribution in [0.4, 0.5) is 0 Å². The molecule has 0 heterocycles. The fourth-order valence-corrected chi connectivity index (χ4v) is 4.39. The van der Waals surface area contributed by atoms with Crippen molar-refractivity contribution < 1.29 is 4.79 Å². The van der Waals surface area contributed by atoms with Crippen LogP contribution in [0.5, 0.6) is 0 Å².